The SMILES string of the molecule is CCCCCCCCP(c1cccc(S(=O)(=O)[O-])c1)c1cccc(S(=O)(=O)[O-])c1.[Na+].[Na+]. The second-order valence-electron chi connectivity index (χ2n) is 6.82. The largest absolute Gasteiger partial charge is 1.00 e. The minimum Gasteiger partial charge on any atom is -0.744 e. The Hall–Kier alpha value is 0.690. The van der Waals surface area contributed by atoms with Crippen LogP contribution in [0.25, 0.3) is 0 Å². The number of benzene rings is 2. The molecule has 0 heterocycles. The third-order valence-corrected chi connectivity index (χ3v) is 8.80. The summed E-state index contributed by atoms with van der Waals surface area (Å²) in [5.41, 5.74) is 0. The molecule has 160 valence electrons. The van der Waals surface area contributed by atoms with E-state index in [0.29, 0.717) is 16.8 Å². The van der Waals surface area contributed by atoms with Crippen LogP contribution in [0.4, 0.5) is 0 Å². The summed E-state index contributed by atoms with van der Waals surface area (Å²) in [6.45, 7) is 2.15. The van der Waals surface area contributed by atoms with Crippen molar-refractivity contribution in [2.75, 3.05) is 6.16 Å². The summed E-state index contributed by atoms with van der Waals surface area (Å²) in [5, 5.41) is 1.34. The molecule has 0 saturated heterocycles. The van der Waals surface area contributed by atoms with Gasteiger partial charge in [0.1, 0.15) is 20.2 Å². The number of hydrogen-bond acceptors (Lipinski definition) is 6. The van der Waals surface area contributed by atoms with Crippen LogP contribution in [-0.4, -0.2) is 32.1 Å². The second-order valence-corrected chi connectivity index (χ2v) is 11.9. The molecule has 0 spiro atoms. The van der Waals surface area contributed by atoms with Gasteiger partial charge in [-0.3, -0.25) is 0 Å². The predicted octanol–water partition coefficient (Wildman–Crippen LogP) is -2.70. The van der Waals surface area contributed by atoms with Gasteiger partial charge in [0.2, 0.25) is 0 Å². The molecule has 2 aromatic rings. The molecule has 0 saturated carbocycles. The van der Waals surface area contributed by atoms with Crippen molar-refractivity contribution in [1.29, 1.82) is 0 Å². The smallest absolute Gasteiger partial charge is 0.744 e. The van der Waals surface area contributed by atoms with Gasteiger partial charge in [0, 0.05) is 0 Å². The topological polar surface area (TPSA) is 114 Å². The molecule has 0 aliphatic rings. The zero-order chi connectivity index (χ0) is 21.5. The molecule has 6 nitrogen and oxygen atoms in total. The van der Waals surface area contributed by atoms with Crippen molar-refractivity contribution in [3.8, 4) is 0 Å². The van der Waals surface area contributed by atoms with Gasteiger partial charge in [-0.25, -0.2) is 16.8 Å². The van der Waals surface area contributed by atoms with Crippen molar-refractivity contribution >= 4 is 38.8 Å². The van der Waals surface area contributed by atoms with Crippen molar-refractivity contribution < 1.29 is 85.1 Å². The molecule has 0 fully saturated rings. The molecule has 0 aliphatic heterocycles. The molecule has 2 rings (SSSR count). The van der Waals surface area contributed by atoms with Crippen LogP contribution >= 0.6 is 7.92 Å². The van der Waals surface area contributed by atoms with Crippen LogP contribution in [0.5, 0.6) is 0 Å². The fourth-order valence-corrected chi connectivity index (χ4v) is 6.76. The normalized spacial score (nSPS) is 11.6. The van der Waals surface area contributed by atoms with Gasteiger partial charge >= 0.3 is 59.1 Å². The summed E-state index contributed by atoms with van der Waals surface area (Å²) >= 11 is 0. The third kappa shape index (κ3) is 10.7. The summed E-state index contributed by atoms with van der Waals surface area (Å²) in [7, 11) is -10.3. The van der Waals surface area contributed by atoms with E-state index in [-0.39, 0.29) is 68.9 Å². The minimum absolute atomic E-state index is 0. The first kappa shape index (κ1) is 31.7. The first-order chi connectivity index (χ1) is 13.6. The predicted molar refractivity (Wildman–Crippen MR) is 113 cm³/mol. The van der Waals surface area contributed by atoms with E-state index < -0.39 is 28.2 Å². The molecular formula is C20H25Na2O6PS2. The van der Waals surface area contributed by atoms with Gasteiger partial charge < -0.3 is 9.11 Å². The van der Waals surface area contributed by atoms with Crippen LogP contribution in [0.1, 0.15) is 45.4 Å². The van der Waals surface area contributed by atoms with Crippen molar-refractivity contribution in [2.45, 2.75) is 55.2 Å². The van der Waals surface area contributed by atoms with Gasteiger partial charge in [0.15, 0.2) is 0 Å². The average Bonchev–Trinajstić information content (AvgIpc) is 2.66. The van der Waals surface area contributed by atoms with Crippen molar-refractivity contribution in [3.05, 3.63) is 48.5 Å². The van der Waals surface area contributed by atoms with E-state index >= 15 is 0 Å². The fourth-order valence-electron chi connectivity index (χ4n) is 3.07. The Kier molecular flexibility index (Phi) is 15.2. The number of hydrogen-bond donors (Lipinski definition) is 0. The second kappa shape index (κ2) is 14.8. The number of rotatable bonds is 11. The van der Waals surface area contributed by atoms with Gasteiger partial charge in [0.25, 0.3) is 0 Å². The molecule has 31 heavy (non-hydrogen) atoms. The zero-order valence-electron chi connectivity index (χ0n) is 18.3. The molecular weight excluding hydrogens is 477 g/mol. The third-order valence-electron chi connectivity index (χ3n) is 4.57. The van der Waals surface area contributed by atoms with Crippen LogP contribution in [0.2, 0.25) is 0 Å². The molecule has 0 unspecified atom stereocenters. The molecule has 0 aromatic heterocycles. The first-order valence-electron chi connectivity index (χ1n) is 9.52. The van der Waals surface area contributed by atoms with Gasteiger partial charge in [-0.05, 0) is 55.4 Å². The van der Waals surface area contributed by atoms with Gasteiger partial charge in [-0.15, -0.1) is 0 Å². The van der Waals surface area contributed by atoms with Gasteiger partial charge in [0.05, 0.1) is 9.79 Å². The van der Waals surface area contributed by atoms with Gasteiger partial charge in [-0.2, -0.15) is 0 Å². The average molecular weight is 503 g/mol. The van der Waals surface area contributed by atoms with Crippen molar-refractivity contribution in [3.63, 3.8) is 0 Å². The molecule has 11 heteroatoms. The maximum Gasteiger partial charge on any atom is 1.00 e. The Labute approximate surface area is 231 Å². The summed E-state index contributed by atoms with van der Waals surface area (Å²) in [4.78, 5) is -0.615. The Morgan fingerprint density at radius 1 is 0.710 bits per heavy atom. The van der Waals surface area contributed by atoms with E-state index in [4.69, 9.17) is 0 Å². The summed E-state index contributed by atoms with van der Waals surface area (Å²) < 4.78 is 68.5. The molecule has 0 N–H and O–H groups in total. The maximum atomic E-state index is 11.4. The van der Waals surface area contributed by atoms with Crippen LogP contribution in [-0.2, 0) is 20.2 Å². The zero-order valence-corrected chi connectivity index (χ0v) is 24.8. The Morgan fingerprint density at radius 3 is 1.55 bits per heavy atom. The fraction of sp³-hybridized carbons (Fsp3) is 0.400. The summed E-state index contributed by atoms with van der Waals surface area (Å²) in [5.74, 6) is 0. The van der Waals surface area contributed by atoms with Crippen molar-refractivity contribution in [1.82, 2.24) is 0 Å². The maximum absolute atomic E-state index is 11.4. The van der Waals surface area contributed by atoms with E-state index in [9.17, 15) is 25.9 Å². The molecule has 0 amide bonds. The van der Waals surface area contributed by atoms with Crippen LogP contribution in [0, 0.1) is 0 Å². The molecule has 2 aromatic carbocycles. The van der Waals surface area contributed by atoms with E-state index in [1.165, 1.54) is 42.8 Å². The van der Waals surface area contributed by atoms with Crippen molar-refractivity contribution in [2.24, 2.45) is 0 Å². The van der Waals surface area contributed by atoms with E-state index in [1.807, 2.05) is 0 Å². The number of unbranched alkanes of at least 4 members (excludes halogenated alkanes) is 5. The molecule has 0 atom stereocenters. The van der Waals surface area contributed by atoms with E-state index in [2.05, 4.69) is 6.92 Å². The Bertz CT molecular complexity index is 954. The Morgan fingerprint density at radius 2 is 1.13 bits per heavy atom. The minimum atomic E-state index is -4.59. The first-order valence-corrected chi connectivity index (χ1v) is 13.9. The van der Waals surface area contributed by atoms with Crippen LogP contribution < -0.4 is 69.7 Å². The Balaban J connectivity index is 0.00000450. The summed E-state index contributed by atoms with van der Waals surface area (Å²) in [6, 6.07) is 11.8. The standard InChI is InChI=1S/C20H27O6PS2.2Na/c1-2-3-4-5-6-7-14-27(17-10-8-12-19(15-17)28(21,22)23)18-11-9-13-20(16-18)29(24,25)26;;/h8-13,15-16H,2-7,14H2,1H3,(H,21,22,23)(H,24,25,26);;/q;2*+1/p-2. The quantitative estimate of drug-likeness (QED) is 0.143. The molecule has 0 bridgehead atoms. The monoisotopic (exact) mass is 502 g/mol. The van der Waals surface area contributed by atoms with E-state index in [0.717, 1.165) is 32.1 Å². The van der Waals surface area contributed by atoms with E-state index in [1.54, 1.807) is 12.1 Å². The van der Waals surface area contributed by atoms with Crippen LogP contribution in [0.3, 0.4) is 0 Å². The molecule has 0 radical (unpaired) electrons. The molecule has 0 aliphatic carbocycles. The van der Waals surface area contributed by atoms with Crippen LogP contribution in [0.15, 0.2) is 58.3 Å². The summed E-state index contributed by atoms with van der Waals surface area (Å²) in [6.07, 6.45) is 7.20. The van der Waals surface area contributed by atoms with Gasteiger partial charge in [-0.1, -0.05) is 63.3 Å².